The van der Waals surface area contributed by atoms with Gasteiger partial charge in [0.1, 0.15) is 5.00 Å². The first-order chi connectivity index (χ1) is 17.9. The van der Waals surface area contributed by atoms with Gasteiger partial charge in [0.05, 0.1) is 29.7 Å². The van der Waals surface area contributed by atoms with E-state index >= 15 is 0 Å². The van der Waals surface area contributed by atoms with E-state index in [1.165, 1.54) is 0 Å². The Bertz CT molecular complexity index is 1450. The first-order valence-electron chi connectivity index (χ1n) is 12.7. The summed E-state index contributed by atoms with van der Waals surface area (Å²) in [6, 6.07) is 30.1. The molecule has 1 amide bonds. The van der Waals surface area contributed by atoms with Crippen molar-refractivity contribution >= 4 is 22.2 Å². The normalized spacial score (nSPS) is 18.9. The van der Waals surface area contributed by atoms with Gasteiger partial charge in [-0.25, -0.2) is 0 Å². The van der Waals surface area contributed by atoms with Crippen LogP contribution in [-0.2, 0) is 24.2 Å². The SMILES string of the molecule is CCc1cc2c(s1)N(Cc1ccc(-c3ccccc3C#N)cc1)C(=O)C(C)(CCc1ccccc1)C2O. The number of hydrogen-bond acceptors (Lipinski definition) is 4. The maximum Gasteiger partial charge on any atom is 0.236 e. The van der Waals surface area contributed by atoms with Crippen molar-refractivity contribution in [3.8, 4) is 17.2 Å². The third-order valence-corrected chi connectivity index (χ3v) is 8.76. The highest BCUT2D eigenvalue weighted by atomic mass is 32.1. The van der Waals surface area contributed by atoms with Crippen molar-refractivity contribution in [3.63, 3.8) is 0 Å². The van der Waals surface area contributed by atoms with E-state index in [9.17, 15) is 15.2 Å². The maximum atomic E-state index is 14.1. The molecule has 5 heteroatoms. The van der Waals surface area contributed by atoms with Crippen LogP contribution in [0.15, 0.2) is 84.9 Å². The monoisotopic (exact) mass is 506 g/mol. The molecule has 0 spiro atoms. The number of anilines is 1. The summed E-state index contributed by atoms with van der Waals surface area (Å²) in [5.41, 5.74) is 4.62. The van der Waals surface area contributed by atoms with E-state index in [1.807, 2.05) is 78.6 Å². The van der Waals surface area contributed by atoms with Crippen LogP contribution in [0.25, 0.3) is 11.1 Å². The third-order valence-electron chi connectivity index (χ3n) is 7.45. The maximum absolute atomic E-state index is 14.1. The molecule has 2 unspecified atom stereocenters. The van der Waals surface area contributed by atoms with E-state index in [0.717, 1.165) is 50.5 Å². The molecule has 1 aliphatic rings. The van der Waals surface area contributed by atoms with Gasteiger partial charge in [0.15, 0.2) is 0 Å². The van der Waals surface area contributed by atoms with Crippen molar-refractivity contribution in [2.75, 3.05) is 4.90 Å². The minimum Gasteiger partial charge on any atom is -0.387 e. The summed E-state index contributed by atoms with van der Waals surface area (Å²) in [5.74, 6) is -0.0353. The highest BCUT2D eigenvalue weighted by Gasteiger charge is 2.49. The topological polar surface area (TPSA) is 64.3 Å². The van der Waals surface area contributed by atoms with Gasteiger partial charge in [-0.3, -0.25) is 9.69 Å². The molecular formula is C32H30N2O2S. The van der Waals surface area contributed by atoms with Gasteiger partial charge < -0.3 is 5.11 Å². The van der Waals surface area contributed by atoms with Gasteiger partial charge in [0.2, 0.25) is 5.91 Å². The fourth-order valence-electron chi connectivity index (χ4n) is 5.13. The van der Waals surface area contributed by atoms with Crippen molar-refractivity contribution in [1.29, 1.82) is 5.26 Å². The Balaban J connectivity index is 1.46. The van der Waals surface area contributed by atoms with Crippen LogP contribution in [-0.4, -0.2) is 11.0 Å². The van der Waals surface area contributed by atoms with E-state index in [4.69, 9.17) is 0 Å². The lowest BCUT2D eigenvalue weighted by Crippen LogP contribution is -2.49. The zero-order valence-electron chi connectivity index (χ0n) is 21.1. The number of fused-ring (bicyclic) bond motifs is 1. The smallest absolute Gasteiger partial charge is 0.236 e. The lowest BCUT2D eigenvalue weighted by molar-refractivity contribution is -0.136. The molecule has 1 aromatic heterocycles. The van der Waals surface area contributed by atoms with Crippen molar-refractivity contribution in [2.45, 2.75) is 45.8 Å². The van der Waals surface area contributed by atoms with Gasteiger partial charge >= 0.3 is 0 Å². The van der Waals surface area contributed by atoms with Crippen LogP contribution in [0, 0.1) is 16.7 Å². The number of aryl methyl sites for hydroxylation is 2. The third kappa shape index (κ3) is 4.71. The van der Waals surface area contributed by atoms with E-state index in [-0.39, 0.29) is 5.91 Å². The largest absolute Gasteiger partial charge is 0.387 e. The predicted octanol–water partition coefficient (Wildman–Crippen LogP) is 7.07. The van der Waals surface area contributed by atoms with Crippen LogP contribution in [0.3, 0.4) is 0 Å². The number of aliphatic hydroxyl groups is 1. The Hall–Kier alpha value is -3.72. The van der Waals surface area contributed by atoms with E-state index in [1.54, 1.807) is 11.3 Å². The van der Waals surface area contributed by atoms with Crippen molar-refractivity contribution in [1.82, 2.24) is 0 Å². The summed E-state index contributed by atoms with van der Waals surface area (Å²) in [5, 5.41) is 21.8. The molecule has 186 valence electrons. The van der Waals surface area contributed by atoms with Crippen molar-refractivity contribution in [3.05, 3.63) is 112 Å². The number of hydrogen-bond donors (Lipinski definition) is 1. The molecule has 5 rings (SSSR count). The summed E-state index contributed by atoms with van der Waals surface area (Å²) in [6.45, 7) is 4.44. The van der Waals surface area contributed by atoms with Gasteiger partial charge in [0, 0.05) is 10.4 Å². The molecule has 0 saturated heterocycles. The van der Waals surface area contributed by atoms with E-state index in [0.29, 0.717) is 18.5 Å². The summed E-state index contributed by atoms with van der Waals surface area (Å²) in [6.07, 6.45) is 1.31. The number of benzene rings is 3. The second-order valence-electron chi connectivity index (χ2n) is 9.88. The minimum atomic E-state index is -0.916. The molecule has 37 heavy (non-hydrogen) atoms. The zero-order valence-corrected chi connectivity index (χ0v) is 22.0. The number of carbonyl (C=O) groups excluding carboxylic acids is 1. The van der Waals surface area contributed by atoms with Crippen molar-refractivity contribution < 1.29 is 9.90 Å². The van der Waals surface area contributed by atoms with Crippen LogP contribution in [0.4, 0.5) is 5.00 Å². The molecule has 3 aromatic carbocycles. The van der Waals surface area contributed by atoms with Gasteiger partial charge in [-0.2, -0.15) is 5.26 Å². The fraction of sp³-hybridized carbons (Fsp3) is 0.250. The Morgan fingerprint density at radius 1 is 1.00 bits per heavy atom. The number of amides is 1. The lowest BCUT2D eigenvalue weighted by Gasteiger charge is -2.42. The molecule has 1 aliphatic heterocycles. The first kappa shape index (κ1) is 25.0. The number of rotatable bonds is 7. The predicted molar refractivity (Wildman–Crippen MR) is 149 cm³/mol. The Labute approximate surface area is 222 Å². The van der Waals surface area contributed by atoms with Crippen LogP contribution < -0.4 is 4.90 Å². The molecule has 0 fully saturated rings. The number of nitrogens with zero attached hydrogens (tertiary/aromatic N) is 2. The zero-order chi connectivity index (χ0) is 26.0. The summed E-state index contributed by atoms with van der Waals surface area (Å²) in [4.78, 5) is 17.1. The number of nitriles is 1. The second-order valence-corrected chi connectivity index (χ2v) is 11.0. The van der Waals surface area contributed by atoms with Gasteiger partial charge in [0.25, 0.3) is 0 Å². The second kappa shape index (κ2) is 10.3. The summed E-state index contributed by atoms with van der Waals surface area (Å²) < 4.78 is 0. The minimum absolute atomic E-state index is 0.0353. The number of carbonyl (C=O) groups is 1. The molecule has 0 radical (unpaired) electrons. The molecular weight excluding hydrogens is 476 g/mol. The Morgan fingerprint density at radius 2 is 1.70 bits per heavy atom. The first-order valence-corrected chi connectivity index (χ1v) is 13.5. The molecule has 0 saturated carbocycles. The fourth-order valence-corrected chi connectivity index (χ4v) is 6.25. The average Bonchev–Trinajstić information content (AvgIpc) is 3.39. The molecule has 4 nitrogen and oxygen atoms in total. The standard InChI is InChI=1S/C32H30N2O2S/c1-3-26-19-28-29(35)32(2,18-17-22-9-5-4-6-10-22)31(36)34(30(28)37-26)21-23-13-15-24(16-14-23)27-12-8-7-11-25(27)20-33/h4-16,19,29,35H,3,17-18,21H2,1-2H3. The molecule has 1 N–H and O–H groups in total. The lowest BCUT2D eigenvalue weighted by atomic mass is 9.73. The van der Waals surface area contributed by atoms with Gasteiger partial charge in [-0.15, -0.1) is 11.3 Å². The Kier molecular flexibility index (Phi) is 6.97. The number of thiophene rings is 1. The van der Waals surface area contributed by atoms with Crippen LogP contribution in [0.1, 0.15) is 53.5 Å². The molecule has 2 atom stereocenters. The quantitative estimate of drug-likeness (QED) is 0.292. The molecule has 2 heterocycles. The Morgan fingerprint density at radius 3 is 2.41 bits per heavy atom. The molecule has 0 aliphatic carbocycles. The van der Waals surface area contributed by atoms with E-state index in [2.05, 4.69) is 31.2 Å². The van der Waals surface area contributed by atoms with Crippen molar-refractivity contribution in [2.24, 2.45) is 5.41 Å². The summed E-state index contributed by atoms with van der Waals surface area (Å²) >= 11 is 1.60. The van der Waals surface area contributed by atoms with Crippen LogP contribution >= 0.6 is 11.3 Å². The van der Waals surface area contributed by atoms with E-state index < -0.39 is 11.5 Å². The highest BCUT2D eigenvalue weighted by molar-refractivity contribution is 7.16. The van der Waals surface area contributed by atoms with Crippen LogP contribution in [0.5, 0.6) is 0 Å². The van der Waals surface area contributed by atoms with Gasteiger partial charge in [-0.1, -0.05) is 79.7 Å². The average molecular weight is 507 g/mol. The molecule has 4 aromatic rings. The van der Waals surface area contributed by atoms with Gasteiger partial charge in [-0.05, 0) is 60.6 Å². The van der Waals surface area contributed by atoms with Crippen LogP contribution in [0.2, 0.25) is 0 Å². The molecule has 0 bridgehead atoms. The summed E-state index contributed by atoms with van der Waals surface area (Å²) in [7, 11) is 0. The number of aliphatic hydroxyl groups excluding tert-OH is 1. The highest BCUT2D eigenvalue weighted by Crippen LogP contribution is 2.51.